The van der Waals surface area contributed by atoms with Gasteiger partial charge in [0.2, 0.25) is 0 Å². The van der Waals surface area contributed by atoms with Crippen molar-refractivity contribution in [3.05, 3.63) is 47.7 Å². The maximum atomic E-state index is 12.4. The number of pyridine rings is 1. The molecular weight excluding hydrogens is 380 g/mol. The molecule has 142 valence electrons. The van der Waals surface area contributed by atoms with Gasteiger partial charge in [-0.1, -0.05) is 23.7 Å². The number of hydrogen-bond acceptors (Lipinski definition) is 5. The van der Waals surface area contributed by atoms with Gasteiger partial charge in [0.15, 0.2) is 11.6 Å². The van der Waals surface area contributed by atoms with Crippen molar-refractivity contribution < 1.29 is 4.79 Å². The first-order chi connectivity index (χ1) is 13.5. The Balaban J connectivity index is 1.53. The van der Waals surface area contributed by atoms with E-state index >= 15 is 0 Å². The second-order valence-corrected chi connectivity index (χ2v) is 6.78. The van der Waals surface area contributed by atoms with E-state index in [1.807, 2.05) is 30.5 Å². The minimum Gasteiger partial charge on any atom is -0.310 e. The molecule has 0 bridgehead atoms. The number of nitrogens with zero attached hydrogens (tertiary/aromatic N) is 5. The number of fused-ring (bicyclic) bond motifs is 1. The van der Waals surface area contributed by atoms with Crippen LogP contribution in [0.3, 0.4) is 0 Å². The smallest absolute Gasteiger partial charge is 0.310 e. The van der Waals surface area contributed by atoms with E-state index in [1.54, 1.807) is 30.6 Å². The number of anilines is 2. The second-order valence-electron chi connectivity index (χ2n) is 6.38. The Morgan fingerprint density at radius 2 is 2.00 bits per heavy atom. The van der Waals surface area contributed by atoms with Crippen molar-refractivity contribution in [3.8, 4) is 11.5 Å². The van der Waals surface area contributed by atoms with E-state index in [4.69, 9.17) is 11.6 Å². The molecule has 0 atom stereocenters. The number of aromatic nitrogens is 6. The Kier molecular flexibility index (Phi) is 4.66. The third-order valence-electron chi connectivity index (χ3n) is 4.13. The summed E-state index contributed by atoms with van der Waals surface area (Å²) in [7, 11) is 0. The highest BCUT2D eigenvalue weighted by molar-refractivity contribution is 6.35. The molecule has 2 amide bonds. The number of hydrogen-bond donors (Lipinski definition) is 3. The van der Waals surface area contributed by atoms with Crippen LogP contribution in [0.2, 0.25) is 5.02 Å². The van der Waals surface area contributed by atoms with Crippen LogP contribution in [-0.4, -0.2) is 36.0 Å². The summed E-state index contributed by atoms with van der Waals surface area (Å²) < 4.78 is 1.91. The molecule has 3 aromatic heterocycles. The predicted molar refractivity (Wildman–Crippen MR) is 107 cm³/mol. The van der Waals surface area contributed by atoms with Crippen molar-refractivity contribution >= 4 is 40.2 Å². The molecule has 0 aliphatic heterocycles. The van der Waals surface area contributed by atoms with Gasteiger partial charge in [0.25, 0.3) is 0 Å². The first kappa shape index (κ1) is 17.9. The van der Waals surface area contributed by atoms with Crippen molar-refractivity contribution in [3.63, 3.8) is 0 Å². The first-order valence-corrected chi connectivity index (χ1v) is 8.98. The molecule has 3 N–H and O–H groups in total. The molecule has 0 unspecified atom stereocenters. The normalized spacial score (nSPS) is 11.1. The van der Waals surface area contributed by atoms with Crippen LogP contribution in [0.15, 0.2) is 42.7 Å². The molecule has 0 spiro atoms. The lowest BCUT2D eigenvalue weighted by atomic mass is 10.2. The molecule has 0 aliphatic rings. The van der Waals surface area contributed by atoms with Gasteiger partial charge >= 0.3 is 6.03 Å². The highest BCUT2D eigenvalue weighted by Crippen LogP contribution is 2.26. The topological polar surface area (TPSA) is 113 Å². The largest absolute Gasteiger partial charge is 0.326 e. The molecular formula is C18H17ClN8O. The number of para-hydroxylation sites is 1. The highest BCUT2D eigenvalue weighted by Gasteiger charge is 2.14. The number of H-pyrrole nitrogens is 1. The number of carbonyl (C=O) groups is 1. The number of urea groups is 1. The van der Waals surface area contributed by atoms with Crippen LogP contribution >= 0.6 is 11.6 Å². The summed E-state index contributed by atoms with van der Waals surface area (Å²) in [6, 6.07) is 10.4. The lowest BCUT2D eigenvalue weighted by Gasteiger charge is -2.10. The maximum Gasteiger partial charge on any atom is 0.326 e. The van der Waals surface area contributed by atoms with Crippen molar-refractivity contribution in [2.75, 3.05) is 10.6 Å². The zero-order chi connectivity index (χ0) is 19.7. The molecule has 1 aromatic carbocycles. The van der Waals surface area contributed by atoms with Gasteiger partial charge in [0.1, 0.15) is 17.8 Å². The molecule has 3 heterocycles. The van der Waals surface area contributed by atoms with Crippen molar-refractivity contribution in [2.45, 2.75) is 19.9 Å². The zero-order valence-corrected chi connectivity index (χ0v) is 15.9. The minimum absolute atomic E-state index is 0.187. The Bertz CT molecular complexity index is 1150. The molecule has 9 nitrogen and oxygen atoms in total. The summed E-state index contributed by atoms with van der Waals surface area (Å²) >= 11 is 6.12. The number of aromatic amines is 1. The zero-order valence-electron chi connectivity index (χ0n) is 15.1. The quantitative estimate of drug-likeness (QED) is 0.480. The van der Waals surface area contributed by atoms with E-state index in [1.165, 1.54) is 0 Å². The van der Waals surface area contributed by atoms with E-state index in [0.717, 1.165) is 5.39 Å². The fraction of sp³-hybridized carbons (Fsp3) is 0.167. The van der Waals surface area contributed by atoms with Crippen LogP contribution in [0.25, 0.3) is 22.4 Å². The fourth-order valence-electron chi connectivity index (χ4n) is 2.79. The molecule has 10 heteroatoms. The van der Waals surface area contributed by atoms with Crippen LogP contribution in [0.1, 0.15) is 19.9 Å². The third kappa shape index (κ3) is 3.39. The van der Waals surface area contributed by atoms with Gasteiger partial charge in [-0.25, -0.2) is 9.78 Å². The third-order valence-corrected chi connectivity index (χ3v) is 4.44. The van der Waals surface area contributed by atoms with Gasteiger partial charge in [0, 0.05) is 11.4 Å². The Hall–Kier alpha value is -3.46. The predicted octanol–water partition coefficient (Wildman–Crippen LogP) is 4.09. The number of amides is 2. The van der Waals surface area contributed by atoms with Gasteiger partial charge in [-0.05, 0) is 38.1 Å². The summed E-state index contributed by atoms with van der Waals surface area (Å²) in [5.41, 5.74) is 1.27. The van der Waals surface area contributed by atoms with Gasteiger partial charge in [-0.15, -0.1) is 10.2 Å². The van der Waals surface area contributed by atoms with E-state index in [0.29, 0.717) is 33.7 Å². The van der Waals surface area contributed by atoms with Crippen molar-refractivity contribution in [1.29, 1.82) is 0 Å². The number of carbonyl (C=O) groups excluding carboxylic acids is 1. The van der Waals surface area contributed by atoms with Crippen LogP contribution in [0.4, 0.5) is 16.4 Å². The van der Waals surface area contributed by atoms with E-state index in [2.05, 4.69) is 36.0 Å². The van der Waals surface area contributed by atoms with E-state index in [-0.39, 0.29) is 6.04 Å². The molecule has 0 saturated heterocycles. The van der Waals surface area contributed by atoms with Crippen LogP contribution in [0, 0.1) is 0 Å². The molecule has 28 heavy (non-hydrogen) atoms. The second kappa shape index (κ2) is 7.28. The fourth-order valence-corrected chi connectivity index (χ4v) is 3.01. The maximum absolute atomic E-state index is 12.4. The number of benzene rings is 1. The van der Waals surface area contributed by atoms with E-state index < -0.39 is 6.03 Å². The van der Waals surface area contributed by atoms with Crippen LogP contribution in [0.5, 0.6) is 0 Å². The van der Waals surface area contributed by atoms with Gasteiger partial charge in [-0.2, -0.15) is 5.10 Å². The Morgan fingerprint density at radius 1 is 1.18 bits per heavy atom. The molecule has 0 aliphatic carbocycles. The monoisotopic (exact) mass is 396 g/mol. The molecule has 4 rings (SSSR count). The van der Waals surface area contributed by atoms with Crippen LogP contribution in [-0.2, 0) is 0 Å². The van der Waals surface area contributed by atoms with Crippen molar-refractivity contribution in [2.24, 2.45) is 0 Å². The summed E-state index contributed by atoms with van der Waals surface area (Å²) in [5, 5.41) is 21.6. The summed E-state index contributed by atoms with van der Waals surface area (Å²) in [5.74, 6) is 1.39. The van der Waals surface area contributed by atoms with Crippen molar-refractivity contribution in [1.82, 2.24) is 29.9 Å². The summed E-state index contributed by atoms with van der Waals surface area (Å²) in [4.78, 5) is 16.9. The average molecular weight is 397 g/mol. The van der Waals surface area contributed by atoms with Gasteiger partial charge < -0.3 is 4.57 Å². The lowest BCUT2D eigenvalue weighted by Crippen LogP contribution is -2.20. The standard InChI is InChI=1S/C18H17ClN8O/c1-10(2)27-9-20-26-17(27)13-7-4-8-14(21-13)22-18(28)23-16-11-5-3-6-12(19)15(11)24-25-16/h3-10H,1-2H3,(H3,21,22,23,24,25,28). The summed E-state index contributed by atoms with van der Waals surface area (Å²) in [6.07, 6.45) is 1.66. The lowest BCUT2D eigenvalue weighted by molar-refractivity contribution is 0.262. The van der Waals surface area contributed by atoms with Gasteiger partial charge in [-0.3, -0.25) is 15.7 Å². The van der Waals surface area contributed by atoms with Crippen LogP contribution < -0.4 is 10.6 Å². The molecule has 4 aromatic rings. The van der Waals surface area contributed by atoms with E-state index in [9.17, 15) is 4.79 Å². The van der Waals surface area contributed by atoms with Gasteiger partial charge in [0.05, 0.1) is 10.5 Å². The molecule has 0 radical (unpaired) electrons. The SMILES string of the molecule is CC(C)n1cnnc1-c1cccc(NC(=O)Nc2n[nH]c3c(Cl)cccc23)n1. The average Bonchev–Trinajstić information content (AvgIpc) is 3.30. The highest BCUT2D eigenvalue weighted by atomic mass is 35.5. The Morgan fingerprint density at radius 3 is 2.82 bits per heavy atom. The number of halogens is 1. The summed E-state index contributed by atoms with van der Waals surface area (Å²) in [6.45, 7) is 4.06. The minimum atomic E-state index is -0.469. The number of nitrogens with one attached hydrogen (secondary N) is 3. The molecule has 0 fully saturated rings. The number of rotatable bonds is 4. The Labute approximate surface area is 165 Å². The first-order valence-electron chi connectivity index (χ1n) is 8.60. The molecule has 0 saturated carbocycles.